The second-order valence-electron chi connectivity index (χ2n) is 5.68. The lowest BCUT2D eigenvalue weighted by molar-refractivity contribution is -0.665. The number of carbonyl (C=O) groups is 1. The van der Waals surface area contributed by atoms with E-state index in [9.17, 15) is 9.90 Å². The second-order valence-corrected chi connectivity index (χ2v) is 5.68. The quantitative estimate of drug-likeness (QED) is 0.809. The predicted molar refractivity (Wildman–Crippen MR) is 72.0 cm³/mol. The Balaban J connectivity index is 2.04. The molecule has 1 heterocycles. The normalized spacial score (nSPS) is 17.2. The Hall–Kier alpha value is -1.55. The predicted octanol–water partition coefficient (Wildman–Crippen LogP) is 1.30. The molecule has 0 radical (unpaired) electrons. The summed E-state index contributed by atoms with van der Waals surface area (Å²) < 4.78 is 5.65. The molecule has 0 atom stereocenters. The number of quaternary nitrogens is 1. The van der Waals surface area contributed by atoms with E-state index in [1.165, 1.54) is 6.07 Å². The SMILES string of the molecule is CC(C)(OC(=O)c1cccc(O)c1)C1CC[NH2+]CC1. The molecule has 1 aliphatic heterocycles. The molecule has 0 unspecified atom stereocenters. The van der Waals surface area contributed by atoms with E-state index in [-0.39, 0.29) is 11.7 Å². The smallest absolute Gasteiger partial charge is 0.338 e. The maximum atomic E-state index is 12.1. The zero-order valence-corrected chi connectivity index (χ0v) is 11.6. The molecule has 0 bridgehead atoms. The van der Waals surface area contributed by atoms with Gasteiger partial charge in [0.2, 0.25) is 0 Å². The van der Waals surface area contributed by atoms with E-state index in [1.54, 1.807) is 18.2 Å². The number of esters is 1. The van der Waals surface area contributed by atoms with Crippen LogP contribution in [0.1, 0.15) is 37.0 Å². The minimum absolute atomic E-state index is 0.0829. The van der Waals surface area contributed by atoms with E-state index < -0.39 is 5.60 Å². The van der Waals surface area contributed by atoms with Crippen molar-refractivity contribution in [2.45, 2.75) is 32.3 Å². The van der Waals surface area contributed by atoms with Gasteiger partial charge in [0.25, 0.3) is 0 Å². The molecule has 1 saturated heterocycles. The van der Waals surface area contributed by atoms with Crippen molar-refractivity contribution in [2.75, 3.05) is 13.1 Å². The summed E-state index contributed by atoms with van der Waals surface area (Å²) in [4.78, 5) is 12.1. The summed E-state index contributed by atoms with van der Waals surface area (Å²) in [6, 6.07) is 6.28. The molecular formula is C15H22NO3+. The van der Waals surface area contributed by atoms with Crippen molar-refractivity contribution in [3.63, 3.8) is 0 Å². The summed E-state index contributed by atoms with van der Waals surface area (Å²) in [6.45, 7) is 6.14. The fraction of sp³-hybridized carbons (Fsp3) is 0.533. The highest BCUT2D eigenvalue weighted by Gasteiger charge is 2.35. The number of aromatic hydroxyl groups is 1. The molecule has 0 aromatic heterocycles. The highest BCUT2D eigenvalue weighted by atomic mass is 16.6. The largest absolute Gasteiger partial charge is 0.508 e. The van der Waals surface area contributed by atoms with Crippen LogP contribution in [0.25, 0.3) is 0 Å². The number of ether oxygens (including phenoxy) is 1. The lowest BCUT2D eigenvalue weighted by Crippen LogP contribution is -2.86. The van der Waals surface area contributed by atoms with Crippen LogP contribution in [0.4, 0.5) is 0 Å². The van der Waals surface area contributed by atoms with Gasteiger partial charge in [-0.1, -0.05) is 6.07 Å². The van der Waals surface area contributed by atoms with E-state index in [4.69, 9.17) is 4.74 Å². The molecule has 104 valence electrons. The number of hydrogen-bond donors (Lipinski definition) is 2. The molecule has 0 saturated carbocycles. The first kappa shape index (κ1) is 13.9. The van der Waals surface area contributed by atoms with Crippen LogP contribution < -0.4 is 5.32 Å². The molecule has 4 nitrogen and oxygen atoms in total. The number of piperidine rings is 1. The van der Waals surface area contributed by atoms with Crippen LogP contribution in [-0.4, -0.2) is 29.8 Å². The summed E-state index contributed by atoms with van der Waals surface area (Å²) in [6.07, 6.45) is 2.14. The third-order valence-corrected chi connectivity index (χ3v) is 3.86. The minimum atomic E-state index is -0.462. The number of hydrogen-bond acceptors (Lipinski definition) is 3. The van der Waals surface area contributed by atoms with Gasteiger partial charge >= 0.3 is 5.97 Å². The maximum absolute atomic E-state index is 12.1. The fourth-order valence-corrected chi connectivity index (χ4v) is 2.64. The summed E-state index contributed by atoms with van der Waals surface area (Å²) in [5.74, 6) is 0.119. The number of carbonyl (C=O) groups excluding carboxylic acids is 1. The van der Waals surface area contributed by atoms with Crippen LogP contribution in [0.5, 0.6) is 5.75 Å². The van der Waals surface area contributed by atoms with Gasteiger partial charge in [-0.05, 0) is 32.0 Å². The van der Waals surface area contributed by atoms with Gasteiger partial charge in [0.15, 0.2) is 0 Å². The maximum Gasteiger partial charge on any atom is 0.338 e. The molecule has 2 rings (SSSR count). The van der Waals surface area contributed by atoms with Gasteiger partial charge in [0.1, 0.15) is 11.4 Å². The summed E-state index contributed by atoms with van der Waals surface area (Å²) in [5, 5.41) is 11.7. The molecule has 1 aromatic rings. The Labute approximate surface area is 113 Å². The highest BCUT2D eigenvalue weighted by molar-refractivity contribution is 5.90. The lowest BCUT2D eigenvalue weighted by Gasteiger charge is -2.35. The average molecular weight is 264 g/mol. The summed E-state index contributed by atoms with van der Waals surface area (Å²) in [7, 11) is 0. The van der Waals surface area contributed by atoms with E-state index in [0.717, 1.165) is 25.9 Å². The van der Waals surface area contributed by atoms with E-state index in [0.29, 0.717) is 11.5 Å². The number of nitrogens with two attached hydrogens (primary N) is 1. The first-order chi connectivity index (χ1) is 8.99. The van der Waals surface area contributed by atoms with Crippen molar-refractivity contribution < 1.29 is 20.0 Å². The van der Waals surface area contributed by atoms with Crippen LogP contribution in [0.3, 0.4) is 0 Å². The van der Waals surface area contributed by atoms with E-state index in [2.05, 4.69) is 5.32 Å². The minimum Gasteiger partial charge on any atom is -0.508 e. The van der Waals surface area contributed by atoms with Gasteiger partial charge in [0, 0.05) is 18.8 Å². The standard InChI is InChI=1S/C15H21NO3/c1-15(2,12-6-8-16-9-7-12)19-14(18)11-4-3-5-13(17)10-11/h3-5,10,12,16-17H,6-9H2,1-2H3/p+1. The van der Waals surface area contributed by atoms with E-state index >= 15 is 0 Å². The zero-order chi connectivity index (χ0) is 13.9. The Morgan fingerprint density at radius 1 is 1.37 bits per heavy atom. The summed E-state index contributed by atoms with van der Waals surface area (Å²) in [5.41, 5.74) is -0.0629. The molecule has 1 aromatic carbocycles. The molecule has 3 N–H and O–H groups in total. The molecule has 4 heteroatoms. The molecule has 19 heavy (non-hydrogen) atoms. The van der Waals surface area contributed by atoms with Crippen LogP contribution in [0.15, 0.2) is 24.3 Å². The number of phenols is 1. The number of benzene rings is 1. The fourth-order valence-electron chi connectivity index (χ4n) is 2.64. The topological polar surface area (TPSA) is 63.1 Å². The van der Waals surface area contributed by atoms with Gasteiger partial charge < -0.3 is 15.2 Å². The number of rotatable bonds is 3. The molecule has 0 spiro atoms. The lowest BCUT2D eigenvalue weighted by atomic mass is 9.83. The van der Waals surface area contributed by atoms with Gasteiger partial charge in [-0.2, -0.15) is 0 Å². The van der Waals surface area contributed by atoms with Crippen LogP contribution >= 0.6 is 0 Å². The van der Waals surface area contributed by atoms with E-state index in [1.807, 2.05) is 13.8 Å². The zero-order valence-electron chi connectivity index (χ0n) is 11.6. The highest BCUT2D eigenvalue weighted by Crippen LogP contribution is 2.29. The van der Waals surface area contributed by atoms with Crippen LogP contribution in [0, 0.1) is 5.92 Å². The molecule has 1 fully saturated rings. The van der Waals surface area contributed by atoms with Crippen molar-refractivity contribution in [1.29, 1.82) is 0 Å². The van der Waals surface area contributed by atoms with Gasteiger partial charge in [0.05, 0.1) is 18.7 Å². The van der Waals surface area contributed by atoms with Crippen molar-refractivity contribution in [1.82, 2.24) is 0 Å². The second kappa shape index (κ2) is 5.61. The Morgan fingerprint density at radius 3 is 2.68 bits per heavy atom. The first-order valence-electron chi connectivity index (χ1n) is 6.83. The monoisotopic (exact) mass is 264 g/mol. The Morgan fingerprint density at radius 2 is 2.05 bits per heavy atom. The third-order valence-electron chi connectivity index (χ3n) is 3.86. The molecular weight excluding hydrogens is 242 g/mol. The Kier molecular flexibility index (Phi) is 4.10. The van der Waals surface area contributed by atoms with Crippen molar-refractivity contribution >= 4 is 5.97 Å². The van der Waals surface area contributed by atoms with Gasteiger partial charge in [-0.3, -0.25) is 0 Å². The van der Waals surface area contributed by atoms with Crippen LogP contribution in [0.2, 0.25) is 0 Å². The van der Waals surface area contributed by atoms with Crippen LogP contribution in [-0.2, 0) is 4.74 Å². The molecule has 0 amide bonds. The average Bonchev–Trinajstić information content (AvgIpc) is 2.39. The third kappa shape index (κ3) is 3.47. The molecule has 0 aliphatic carbocycles. The van der Waals surface area contributed by atoms with Crippen molar-refractivity contribution in [3.8, 4) is 5.75 Å². The van der Waals surface area contributed by atoms with Crippen molar-refractivity contribution in [3.05, 3.63) is 29.8 Å². The summed E-state index contributed by atoms with van der Waals surface area (Å²) >= 11 is 0. The Bertz CT molecular complexity index is 450. The van der Waals surface area contributed by atoms with Crippen molar-refractivity contribution in [2.24, 2.45) is 5.92 Å². The molecule has 1 aliphatic rings. The van der Waals surface area contributed by atoms with Gasteiger partial charge in [-0.25, -0.2) is 4.79 Å². The van der Waals surface area contributed by atoms with Gasteiger partial charge in [-0.15, -0.1) is 0 Å². The number of phenolic OH excluding ortho intramolecular Hbond substituents is 1. The first-order valence-corrected chi connectivity index (χ1v) is 6.83.